The highest BCUT2D eigenvalue weighted by atomic mass is 16.2. The molecule has 132 valence electrons. The molecule has 2 amide bonds. The van der Waals surface area contributed by atoms with Crippen LogP contribution < -0.4 is 16.0 Å². The molecule has 2 aromatic rings. The number of hydrogen-bond donors (Lipinski definition) is 3. The van der Waals surface area contributed by atoms with Gasteiger partial charge in [0, 0.05) is 23.0 Å². The number of carbonyl (C=O) groups excluding carboxylic acids is 2. The van der Waals surface area contributed by atoms with E-state index in [1.807, 2.05) is 39.8 Å². The van der Waals surface area contributed by atoms with Gasteiger partial charge in [-0.25, -0.2) is 0 Å². The number of aryl methyl sites for hydroxylation is 2. The lowest BCUT2D eigenvalue weighted by atomic mass is 10.1. The molecular weight excluding hydrogens is 314 g/mol. The second-order valence-corrected chi connectivity index (χ2v) is 6.43. The molecule has 2 rings (SSSR count). The first-order valence-corrected chi connectivity index (χ1v) is 8.37. The van der Waals surface area contributed by atoms with Gasteiger partial charge in [-0.1, -0.05) is 17.7 Å². The molecule has 0 radical (unpaired) electrons. The summed E-state index contributed by atoms with van der Waals surface area (Å²) in [5.74, 6) is -0.260. The summed E-state index contributed by atoms with van der Waals surface area (Å²) in [6, 6.07) is 13.0. The molecule has 5 nitrogen and oxygen atoms in total. The van der Waals surface area contributed by atoms with E-state index in [9.17, 15) is 9.59 Å². The Kier molecular flexibility index (Phi) is 6.17. The van der Waals surface area contributed by atoms with E-state index in [0.29, 0.717) is 11.3 Å². The lowest BCUT2D eigenvalue weighted by Crippen LogP contribution is -2.30. The number of nitrogens with one attached hydrogen (secondary N) is 3. The van der Waals surface area contributed by atoms with Gasteiger partial charge in [0.15, 0.2) is 0 Å². The fraction of sp³-hybridized carbons (Fsp3) is 0.300. The van der Waals surface area contributed by atoms with Crippen LogP contribution in [0.25, 0.3) is 0 Å². The minimum Gasteiger partial charge on any atom is -0.376 e. The van der Waals surface area contributed by atoms with Crippen molar-refractivity contribution in [3.8, 4) is 0 Å². The maximum absolute atomic E-state index is 12.1. The van der Waals surface area contributed by atoms with E-state index in [1.54, 1.807) is 24.3 Å². The molecule has 25 heavy (non-hydrogen) atoms. The molecule has 3 N–H and O–H groups in total. The number of benzene rings is 2. The van der Waals surface area contributed by atoms with Crippen molar-refractivity contribution in [2.24, 2.45) is 0 Å². The Morgan fingerprint density at radius 2 is 1.68 bits per heavy atom. The maximum Gasteiger partial charge on any atom is 0.251 e. The Hall–Kier alpha value is -2.82. The van der Waals surface area contributed by atoms with Gasteiger partial charge in [-0.05, 0) is 63.6 Å². The van der Waals surface area contributed by atoms with E-state index in [2.05, 4.69) is 22.0 Å². The molecule has 2 aromatic carbocycles. The lowest BCUT2D eigenvalue weighted by Gasteiger charge is -2.11. The summed E-state index contributed by atoms with van der Waals surface area (Å²) >= 11 is 0. The van der Waals surface area contributed by atoms with Crippen LogP contribution in [0.5, 0.6) is 0 Å². The number of amides is 2. The summed E-state index contributed by atoms with van der Waals surface area (Å²) in [6.07, 6.45) is 0. The van der Waals surface area contributed by atoms with Crippen LogP contribution in [0, 0.1) is 13.8 Å². The minimum absolute atomic E-state index is 0.0863. The fourth-order valence-corrected chi connectivity index (χ4v) is 2.44. The van der Waals surface area contributed by atoms with Gasteiger partial charge in [0.1, 0.15) is 0 Å². The number of carbonyl (C=O) groups is 2. The molecule has 0 saturated heterocycles. The summed E-state index contributed by atoms with van der Waals surface area (Å²) in [4.78, 5) is 24.0. The quantitative estimate of drug-likeness (QED) is 0.754. The molecule has 5 heteroatoms. The van der Waals surface area contributed by atoms with Crippen LogP contribution in [-0.4, -0.2) is 24.4 Å². The Morgan fingerprint density at radius 1 is 1.00 bits per heavy atom. The average molecular weight is 339 g/mol. The normalized spacial score (nSPS) is 10.4. The van der Waals surface area contributed by atoms with Crippen LogP contribution in [0.2, 0.25) is 0 Å². The smallest absolute Gasteiger partial charge is 0.251 e. The Morgan fingerprint density at radius 3 is 2.28 bits per heavy atom. The number of hydrogen-bond acceptors (Lipinski definition) is 3. The highest BCUT2D eigenvalue weighted by molar-refractivity contribution is 5.96. The zero-order chi connectivity index (χ0) is 18.4. The highest BCUT2D eigenvalue weighted by Gasteiger charge is 2.08. The van der Waals surface area contributed by atoms with Crippen molar-refractivity contribution in [2.45, 2.75) is 33.7 Å². The molecule has 0 aliphatic heterocycles. The fourth-order valence-electron chi connectivity index (χ4n) is 2.44. The summed E-state index contributed by atoms with van der Waals surface area (Å²) in [6.45, 7) is 8.05. The SMILES string of the molecule is Cc1ccc(NCC(=O)Nc2ccc(C(=O)NC(C)C)cc2)c(C)c1. The van der Waals surface area contributed by atoms with E-state index in [-0.39, 0.29) is 24.4 Å². The molecule has 0 spiro atoms. The largest absolute Gasteiger partial charge is 0.376 e. The second-order valence-electron chi connectivity index (χ2n) is 6.43. The van der Waals surface area contributed by atoms with Crippen LogP contribution in [0.1, 0.15) is 35.3 Å². The van der Waals surface area contributed by atoms with Gasteiger partial charge >= 0.3 is 0 Å². The van der Waals surface area contributed by atoms with E-state index in [1.165, 1.54) is 5.56 Å². The van der Waals surface area contributed by atoms with E-state index in [0.717, 1.165) is 11.3 Å². The van der Waals surface area contributed by atoms with E-state index in [4.69, 9.17) is 0 Å². The van der Waals surface area contributed by atoms with Crippen molar-refractivity contribution >= 4 is 23.2 Å². The first-order valence-electron chi connectivity index (χ1n) is 8.37. The second kappa shape index (κ2) is 8.33. The van der Waals surface area contributed by atoms with Crippen molar-refractivity contribution < 1.29 is 9.59 Å². The summed E-state index contributed by atoms with van der Waals surface area (Å²) in [5.41, 5.74) is 4.47. The molecular formula is C20H25N3O2. The van der Waals surface area contributed by atoms with Gasteiger partial charge < -0.3 is 16.0 Å². The highest BCUT2D eigenvalue weighted by Crippen LogP contribution is 2.16. The van der Waals surface area contributed by atoms with Crippen LogP contribution in [-0.2, 0) is 4.79 Å². The third-order valence-electron chi connectivity index (χ3n) is 3.67. The van der Waals surface area contributed by atoms with Crippen LogP contribution in [0.3, 0.4) is 0 Å². The zero-order valence-corrected chi connectivity index (χ0v) is 15.1. The van der Waals surface area contributed by atoms with Crippen LogP contribution >= 0.6 is 0 Å². The van der Waals surface area contributed by atoms with E-state index >= 15 is 0 Å². The average Bonchev–Trinajstić information content (AvgIpc) is 2.54. The predicted molar refractivity (Wildman–Crippen MR) is 102 cm³/mol. The van der Waals surface area contributed by atoms with Crippen molar-refractivity contribution in [3.05, 3.63) is 59.2 Å². The van der Waals surface area contributed by atoms with Gasteiger partial charge in [0.25, 0.3) is 5.91 Å². The summed E-state index contributed by atoms with van der Waals surface area (Å²) in [7, 11) is 0. The molecule has 0 unspecified atom stereocenters. The van der Waals surface area contributed by atoms with Crippen LogP contribution in [0.4, 0.5) is 11.4 Å². The molecule has 0 atom stereocenters. The minimum atomic E-state index is -0.139. The number of rotatable bonds is 6. The lowest BCUT2D eigenvalue weighted by molar-refractivity contribution is -0.114. The Balaban J connectivity index is 1.89. The Labute approximate surface area is 148 Å². The molecule has 0 aromatic heterocycles. The standard InChI is InChI=1S/C20H25N3O2/c1-13(2)22-20(25)16-6-8-17(9-7-16)23-19(24)12-21-18-10-5-14(3)11-15(18)4/h5-11,13,21H,12H2,1-4H3,(H,22,25)(H,23,24). The molecule has 0 aliphatic rings. The molecule has 0 bridgehead atoms. The first kappa shape index (κ1) is 18.5. The third-order valence-corrected chi connectivity index (χ3v) is 3.67. The molecule has 0 heterocycles. The van der Waals surface area contributed by atoms with Crippen molar-refractivity contribution in [3.63, 3.8) is 0 Å². The van der Waals surface area contributed by atoms with Gasteiger partial charge in [-0.15, -0.1) is 0 Å². The van der Waals surface area contributed by atoms with Gasteiger partial charge in [0.05, 0.1) is 6.54 Å². The van der Waals surface area contributed by atoms with Gasteiger partial charge in [-0.2, -0.15) is 0 Å². The maximum atomic E-state index is 12.1. The third kappa shape index (κ3) is 5.64. The first-order chi connectivity index (χ1) is 11.8. The zero-order valence-electron chi connectivity index (χ0n) is 15.1. The summed E-state index contributed by atoms with van der Waals surface area (Å²) < 4.78 is 0. The summed E-state index contributed by atoms with van der Waals surface area (Å²) in [5, 5.41) is 8.78. The topological polar surface area (TPSA) is 70.2 Å². The molecule has 0 fully saturated rings. The monoisotopic (exact) mass is 339 g/mol. The van der Waals surface area contributed by atoms with Crippen molar-refractivity contribution in [1.29, 1.82) is 0 Å². The number of anilines is 2. The van der Waals surface area contributed by atoms with Crippen molar-refractivity contribution in [1.82, 2.24) is 5.32 Å². The van der Waals surface area contributed by atoms with Crippen LogP contribution in [0.15, 0.2) is 42.5 Å². The molecule has 0 saturated carbocycles. The van der Waals surface area contributed by atoms with Gasteiger partial charge in [0.2, 0.25) is 5.91 Å². The molecule has 0 aliphatic carbocycles. The predicted octanol–water partition coefficient (Wildman–Crippen LogP) is 3.49. The van der Waals surface area contributed by atoms with Gasteiger partial charge in [-0.3, -0.25) is 9.59 Å². The Bertz CT molecular complexity index is 752. The van der Waals surface area contributed by atoms with E-state index < -0.39 is 0 Å². The van der Waals surface area contributed by atoms with Crippen molar-refractivity contribution in [2.75, 3.05) is 17.2 Å².